The van der Waals surface area contributed by atoms with Gasteiger partial charge in [-0.05, 0) is 37.3 Å². The lowest BCUT2D eigenvalue weighted by Gasteiger charge is -2.26. The molecule has 0 aliphatic heterocycles. The molecule has 1 aromatic carbocycles. The van der Waals surface area contributed by atoms with Crippen molar-refractivity contribution in [3.05, 3.63) is 35.9 Å². The van der Waals surface area contributed by atoms with Crippen molar-refractivity contribution in [2.24, 2.45) is 11.5 Å². The highest BCUT2D eigenvalue weighted by molar-refractivity contribution is 7.98. The van der Waals surface area contributed by atoms with Gasteiger partial charge in [0.15, 0.2) is 6.04 Å². The van der Waals surface area contributed by atoms with Crippen LogP contribution in [0.15, 0.2) is 30.3 Å². The van der Waals surface area contributed by atoms with Gasteiger partial charge < -0.3 is 37.6 Å². The summed E-state index contributed by atoms with van der Waals surface area (Å²) in [5, 5.41) is 26.3. The van der Waals surface area contributed by atoms with Crippen molar-refractivity contribution in [3.63, 3.8) is 0 Å². The smallest absolute Gasteiger partial charge is 0.328 e. The van der Waals surface area contributed by atoms with Crippen molar-refractivity contribution < 1.29 is 34.2 Å². The molecule has 0 saturated carbocycles. The Labute approximate surface area is 213 Å². The summed E-state index contributed by atoms with van der Waals surface area (Å²) in [6, 6.07) is 3.97. The average molecular weight is 526 g/mol. The highest BCUT2D eigenvalue weighted by Gasteiger charge is 2.31. The van der Waals surface area contributed by atoms with Gasteiger partial charge >= 0.3 is 5.97 Å². The lowest BCUT2D eigenvalue weighted by Crippen LogP contribution is -2.58. The molecule has 200 valence electrons. The number of aliphatic hydroxyl groups is 1. The number of carboxylic acid groups (broad SMARTS) is 1. The van der Waals surface area contributed by atoms with Crippen LogP contribution in [-0.2, 0) is 30.4 Å². The molecule has 0 heterocycles. The number of thioether (sulfide) groups is 1. The van der Waals surface area contributed by atoms with E-state index in [9.17, 15) is 34.2 Å². The normalized spacial score (nSPS) is 15.0. The Morgan fingerprint density at radius 1 is 0.944 bits per heavy atom. The lowest BCUT2D eigenvalue weighted by atomic mass is 10.0. The first kappa shape index (κ1) is 30.9. The van der Waals surface area contributed by atoms with Gasteiger partial charge in [0.25, 0.3) is 0 Å². The van der Waals surface area contributed by atoms with E-state index in [0.717, 1.165) is 5.56 Å². The van der Waals surface area contributed by atoms with E-state index in [2.05, 4.69) is 16.0 Å². The molecule has 0 bridgehead atoms. The third-order valence-electron chi connectivity index (χ3n) is 5.24. The Morgan fingerprint density at radius 2 is 1.53 bits per heavy atom. The number of carbonyl (C=O) groups is 5. The molecule has 5 unspecified atom stereocenters. The number of hydrogen-bond acceptors (Lipinski definition) is 8. The fraction of sp³-hybridized carbons (Fsp3) is 0.522. The SMILES string of the molecule is CSCCC(NC(=O)C(Cc1ccccc1)NC(=O)C(N)CCC(N)=O)C(=O)NC(C(=O)O)C(C)O. The minimum Gasteiger partial charge on any atom is -0.480 e. The maximum atomic E-state index is 13.2. The number of aliphatic hydroxyl groups excluding tert-OH is 1. The van der Waals surface area contributed by atoms with Crippen molar-refractivity contribution in [1.29, 1.82) is 0 Å². The summed E-state index contributed by atoms with van der Waals surface area (Å²) in [4.78, 5) is 61.0. The van der Waals surface area contributed by atoms with E-state index < -0.39 is 59.9 Å². The van der Waals surface area contributed by atoms with Gasteiger partial charge in [-0.3, -0.25) is 19.2 Å². The van der Waals surface area contributed by atoms with Gasteiger partial charge in [0.05, 0.1) is 12.1 Å². The van der Waals surface area contributed by atoms with Gasteiger partial charge in [-0.2, -0.15) is 11.8 Å². The summed E-state index contributed by atoms with van der Waals surface area (Å²) in [6.45, 7) is 1.22. The summed E-state index contributed by atoms with van der Waals surface area (Å²) < 4.78 is 0. The molecule has 5 atom stereocenters. The van der Waals surface area contributed by atoms with Crippen LogP contribution >= 0.6 is 11.8 Å². The summed E-state index contributed by atoms with van der Waals surface area (Å²) in [5.41, 5.74) is 11.7. The molecular formula is C23H35N5O7S. The molecule has 36 heavy (non-hydrogen) atoms. The summed E-state index contributed by atoms with van der Waals surface area (Å²) in [7, 11) is 0. The van der Waals surface area contributed by atoms with E-state index in [1.165, 1.54) is 18.7 Å². The number of amides is 4. The fourth-order valence-electron chi connectivity index (χ4n) is 3.19. The van der Waals surface area contributed by atoms with Crippen LogP contribution in [0, 0.1) is 0 Å². The number of rotatable bonds is 16. The molecule has 9 N–H and O–H groups in total. The first-order chi connectivity index (χ1) is 17.0. The molecule has 4 amide bonds. The second-order valence-electron chi connectivity index (χ2n) is 8.27. The molecule has 0 spiro atoms. The number of hydrogen-bond donors (Lipinski definition) is 7. The summed E-state index contributed by atoms with van der Waals surface area (Å²) >= 11 is 1.42. The van der Waals surface area contributed by atoms with E-state index in [-0.39, 0.29) is 25.7 Å². The molecule has 1 aromatic rings. The number of aliphatic carboxylic acids is 1. The Morgan fingerprint density at radius 3 is 2.06 bits per heavy atom. The molecule has 0 saturated heterocycles. The average Bonchev–Trinajstić information content (AvgIpc) is 2.82. The van der Waals surface area contributed by atoms with Crippen molar-refractivity contribution in [2.75, 3.05) is 12.0 Å². The van der Waals surface area contributed by atoms with Crippen molar-refractivity contribution in [3.8, 4) is 0 Å². The van der Waals surface area contributed by atoms with Gasteiger partial charge in [0.2, 0.25) is 23.6 Å². The highest BCUT2D eigenvalue weighted by atomic mass is 32.2. The first-order valence-electron chi connectivity index (χ1n) is 11.3. The number of primary amides is 1. The molecule has 0 aliphatic carbocycles. The maximum Gasteiger partial charge on any atom is 0.328 e. The predicted octanol–water partition coefficient (Wildman–Crippen LogP) is -1.51. The van der Waals surface area contributed by atoms with Gasteiger partial charge in [-0.15, -0.1) is 0 Å². The van der Waals surface area contributed by atoms with Gasteiger partial charge in [-0.1, -0.05) is 30.3 Å². The summed E-state index contributed by atoms with van der Waals surface area (Å²) in [5.74, 6) is -3.70. The van der Waals surface area contributed by atoms with E-state index in [4.69, 9.17) is 11.5 Å². The van der Waals surface area contributed by atoms with Crippen LogP contribution in [0.2, 0.25) is 0 Å². The molecule has 0 aromatic heterocycles. The maximum absolute atomic E-state index is 13.2. The molecule has 0 fully saturated rings. The predicted molar refractivity (Wildman–Crippen MR) is 135 cm³/mol. The molecule has 13 heteroatoms. The Bertz CT molecular complexity index is 900. The van der Waals surface area contributed by atoms with E-state index in [1.807, 2.05) is 0 Å². The molecule has 0 aliphatic rings. The third-order valence-corrected chi connectivity index (χ3v) is 5.89. The standard InChI is InChI=1S/C23H35N5O7S/c1-13(29)19(23(34)35)28-21(32)16(10-11-36-2)26-22(33)17(12-14-6-4-3-5-7-14)27-20(31)15(24)8-9-18(25)30/h3-7,13,15-17,19,29H,8-12,24H2,1-2H3,(H2,25,30)(H,26,33)(H,27,31)(H,28,32)(H,34,35). The molecular weight excluding hydrogens is 490 g/mol. The van der Waals surface area contributed by atoms with Crippen LogP contribution in [0.1, 0.15) is 31.7 Å². The lowest BCUT2D eigenvalue weighted by molar-refractivity contribution is -0.145. The summed E-state index contributed by atoms with van der Waals surface area (Å²) in [6.07, 6.45) is 0.594. The zero-order valence-corrected chi connectivity index (χ0v) is 21.1. The zero-order chi connectivity index (χ0) is 27.3. The van der Waals surface area contributed by atoms with E-state index >= 15 is 0 Å². The van der Waals surface area contributed by atoms with Crippen molar-refractivity contribution >= 4 is 41.4 Å². The number of carboxylic acids is 1. The second kappa shape index (κ2) is 15.8. The quantitative estimate of drug-likeness (QED) is 0.133. The third kappa shape index (κ3) is 11.1. The molecule has 1 rings (SSSR count). The van der Waals surface area contributed by atoms with Gasteiger partial charge in [-0.25, -0.2) is 4.79 Å². The van der Waals surface area contributed by atoms with Crippen LogP contribution in [0.3, 0.4) is 0 Å². The van der Waals surface area contributed by atoms with Crippen LogP contribution in [0.5, 0.6) is 0 Å². The number of carbonyl (C=O) groups excluding carboxylic acids is 4. The second-order valence-corrected chi connectivity index (χ2v) is 9.26. The van der Waals surface area contributed by atoms with E-state index in [1.54, 1.807) is 36.6 Å². The minimum absolute atomic E-state index is 0.00445. The number of benzene rings is 1. The van der Waals surface area contributed by atoms with Crippen LogP contribution in [-0.4, -0.2) is 82.1 Å². The van der Waals surface area contributed by atoms with E-state index in [0.29, 0.717) is 5.75 Å². The van der Waals surface area contributed by atoms with Gasteiger partial charge in [0, 0.05) is 12.8 Å². The largest absolute Gasteiger partial charge is 0.480 e. The highest BCUT2D eigenvalue weighted by Crippen LogP contribution is 2.08. The Kier molecular flexibility index (Phi) is 13.5. The number of nitrogens with one attached hydrogen (secondary N) is 3. The Hall–Kier alpha value is -3.16. The van der Waals surface area contributed by atoms with Crippen LogP contribution < -0.4 is 27.4 Å². The topological polar surface area (TPSA) is 214 Å². The molecule has 12 nitrogen and oxygen atoms in total. The molecule has 0 radical (unpaired) electrons. The van der Waals surface area contributed by atoms with Crippen molar-refractivity contribution in [2.45, 2.75) is 62.9 Å². The van der Waals surface area contributed by atoms with Crippen LogP contribution in [0.25, 0.3) is 0 Å². The minimum atomic E-state index is -1.56. The van der Waals surface area contributed by atoms with Gasteiger partial charge in [0.1, 0.15) is 12.1 Å². The van der Waals surface area contributed by atoms with Crippen molar-refractivity contribution in [1.82, 2.24) is 16.0 Å². The van der Waals surface area contributed by atoms with Crippen LogP contribution in [0.4, 0.5) is 0 Å². The fourth-order valence-corrected chi connectivity index (χ4v) is 3.66. The monoisotopic (exact) mass is 525 g/mol. The zero-order valence-electron chi connectivity index (χ0n) is 20.3. The first-order valence-corrected chi connectivity index (χ1v) is 12.7. The Balaban J connectivity index is 3.07. The number of nitrogens with two attached hydrogens (primary N) is 2.